The number of amides is 1. The number of nitrogens with one attached hydrogen (secondary N) is 1. The van der Waals surface area contributed by atoms with Crippen LogP contribution in [0.25, 0.3) is 0 Å². The third-order valence-electron chi connectivity index (χ3n) is 6.47. The van der Waals surface area contributed by atoms with Gasteiger partial charge in [0.05, 0.1) is 10.6 Å². The molecule has 180 valence electrons. The van der Waals surface area contributed by atoms with Crippen LogP contribution in [0.4, 0.5) is 0 Å². The lowest BCUT2D eigenvalue weighted by molar-refractivity contribution is 0.0711. The highest BCUT2D eigenvalue weighted by atomic mass is 32.2. The fourth-order valence-electron chi connectivity index (χ4n) is 4.54. The molecule has 1 saturated heterocycles. The first-order chi connectivity index (χ1) is 15.1. The van der Waals surface area contributed by atoms with Crippen molar-refractivity contribution in [1.82, 2.24) is 13.9 Å². The zero-order valence-corrected chi connectivity index (χ0v) is 20.6. The van der Waals surface area contributed by atoms with Gasteiger partial charge in [0.15, 0.2) is 0 Å². The van der Waals surface area contributed by atoms with Crippen LogP contribution < -0.4 is 4.72 Å². The van der Waals surface area contributed by atoms with Crippen molar-refractivity contribution in [3.63, 3.8) is 0 Å². The Labute approximate surface area is 192 Å². The molecule has 0 bridgehead atoms. The van der Waals surface area contributed by atoms with Gasteiger partial charge in [-0.05, 0) is 56.4 Å². The molecule has 3 rings (SSSR count). The molecule has 1 heterocycles. The number of nitrogens with zero attached hydrogens (tertiary/aromatic N) is 2. The lowest BCUT2D eigenvalue weighted by atomic mass is 9.96. The topological polar surface area (TPSA) is 104 Å². The first-order valence-electron chi connectivity index (χ1n) is 11.5. The van der Waals surface area contributed by atoms with Gasteiger partial charge in [-0.3, -0.25) is 4.79 Å². The second-order valence-corrected chi connectivity index (χ2v) is 12.7. The molecule has 1 aliphatic carbocycles. The minimum absolute atomic E-state index is 0.0334. The molecule has 1 saturated carbocycles. The minimum atomic E-state index is -3.59. The lowest BCUT2D eigenvalue weighted by Gasteiger charge is -2.32. The molecule has 1 N–H and O–H groups in total. The van der Waals surface area contributed by atoms with Crippen LogP contribution >= 0.6 is 0 Å². The number of sulfonamides is 2. The average Bonchev–Trinajstić information content (AvgIpc) is 2.79. The van der Waals surface area contributed by atoms with Crippen LogP contribution in [0.15, 0.2) is 29.2 Å². The van der Waals surface area contributed by atoms with E-state index in [9.17, 15) is 21.6 Å². The molecule has 1 amide bonds. The number of rotatable bonds is 8. The Bertz CT molecular complexity index is 979. The van der Waals surface area contributed by atoms with Crippen LogP contribution in [0.3, 0.4) is 0 Å². The van der Waals surface area contributed by atoms with E-state index in [2.05, 4.69) is 4.72 Å². The Hall–Kier alpha value is -1.49. The standard InChI is InChI=1S/C22H35N3O5S2/c1-3-17-31(27,28)23-19-13-15-25(16-14-19)22(26)18-9-11-21(12-10-18)32(29,30)24(2)20-7-5-4-6-8-20/h9-12,19-20,23H,3-8,13-17H2,1-2H3. The highest BCUT2D eigenvalue weighted by Crippen LogP contribution is 2.27. The van der Waals surface area contributed by atoms with Gasteiger partial charge in [-0.25, -0.2) is 21.6 Å². The summed E-state index contributed by atoms with van der Waals surface area (Å²) < 4.78 is 54.1. The summed E-state index contributed by atoms with van der Waals surface area (Å²) in [5, 5.41) is 0. The fraction of sp³-hybridized carbons (Fsp3) is 0.682. The summed E-state index contributed by atoms with van der Waals surface area (Å²) in [6.07, 6.45) is 6.72. The molecule has 1 aromatic rings. The summed E-state index contributed by atoms with van der Waals surface area (Å²) in [5.41, 5.74) is 0.439. The quantitative estimate of drug-likeness (QED) is 0.609. The molecular weight excluding hydrogens is 450 g/mol. The molecule has 0 radical (unpaired) electrons. The highest BCUT2D eigenvalue weighted by molar-refractivity contribution is 7.89. The molecule has 0 spiro atoms. The van der Waals surface area contributed by atoms with Crippen molar-refractivity contribution in [3.8, 4) is 0 Å². The maximum atomic E-state index is 13.0. The number of hydrogen-bond acceptors (Lipinski definition) is 5. The van der Waals surface area contributed by atoms with E-state index >= 15 is 0 Å². The molecule has 2 aliphatic rings. The number of benzene rings is 1. The van der Waals surface area contributed by atoms with Gasteiger partial charge in [0, 0.05) is 37.8 Å². The molecule has 0 aromatic heterocycles. The van der Waals surface area contributed by atoms with Gasteiger partial charge in [-0.1, -0.05) is 26.2 Å². The number of carbonyl (C=O) groups excluding carboxylic acids is 1. The maximum Gasteiger partial charge on any atom is 0.253 e. The SMILES string of the molecule is CCCS(=O)(=O)NC1CCN(C(=O)c2ccc(S(=O)(=O)N(C)C3CCCCC3)cc2)CC1. The van der Waals surface area contributed by atoms with Crippen molar-refractivity contribution in [2.45, 2.75) is 75.3 Å². The summed E-state index contributed by atoms with van der Waals surface area (Å²) >= 11 is 0. The molecule has 0 atom stereocenters. The van der Waals surface area contributed by atoms with Crippen LogP contribution in [-0.2, 0) is 20.0 Å². The second-order valence-electron chi connectivity index (χ2n) is 8.84. The summed E-state index contributed by atoms with van der Waals surface area (Å²) in [4.78, 5) is 14.8. The smallest absolute Gasteiger partial charge is 0.253 e. The predicted octanol–water partition coefficient (Wildman–Crippen LogP) is 2.57. The molecule has 32 heavy (non-hydrogen) atoms. The monoisotopic (exact) mass is 485 g/mol. The van der Waals surface area contributed by atoms with Crippen molar-refractivity contribution in [1.29, 1.82) is 0 Å². The van der Waals surface area contributed by atoms with Crippen molar-refractivity contribution in [3.05, 3.63) is 29.8 Å². The Morgan fingerprint density at radius 3 is 2.16 bits per heavy atom. The lowest BCUT2D eigenvalue weighted by Crippen LogP contribution is -2.47. The van der Waals surface area contributed by atoms with Crippen molar-refractivity contribution in [2.24, 2.45) is 0 Å². The molecule has 2 fully saturated rings. The molecule has 1 aliphatic heterocycles. The molecule has 8 nitrogen and oxygen atoms in total. The van der Waals surface area contributed by atoms with E-state index in [1.54, 1.807) is 24.1 Å². The Morgan fingerprint density at radius 2 is 1.59 bits per heavy atom. The highest BCUT2D eigenvalue weighted by Gasteiger charge is 2.30. The van der Waals surface area contributed by atoms with E-state index in [1.165, 1.54) is 16.4 Å². The Kier molecular flexibility index (Phi) is 8.35. The van der Waals surface area contributed by atoms with Gasteiger partial charge < -0.3 is 4.90 Å². The molecule has 1 aromatic carbocycles. The van der Waals surface area contributed by atoms with Crippen LogP contribution in [0.5, 0.6) is 0 Å². The summed E-state index contributed by atoms with van der Waals surface area (Å²) in [6, 6.07) is 6.03. The average molecular weight is 486 g/mol. The zero-order chi connectivity index (χ0) is 23.4. The van der Waals surface area contributed by atoms with E-state index in [4.69, 9.17) is 0 Å². The van der Waals surface area contributed by atoms with Crippen molar-refractivity contribution in [2.75, 3.05) is 25.9 Å². The van der Waals surface area contributed by atoms with E-state index in [1.807, 2.05) is 6.92 Å². The Balaban J connectivity index is 1.59. The molecule has 10 heteroatoms. The summed E-state index contributed by atoms with van der Waals surface area (Å²) in [7, 11) is -5.22. The number of piperidine rings is 1. The number of hydrogen-bond donors (Lipinski definition) is 1. The van der Waals surface area contributed by atoms with E-state index < -0.39 is 20.0 Å². The van der Waals surface area contributed by atoms with Crippen LogP contribution in [-0.4, -0.2) is 69.9 Å². The van der Waals surface area contributed by atoms with Gasteiger partial charge >= 0.3 is 0 Å². The molecule has 0 unspecified atom stereocenters. The first-order valence-corrected chi connectivity index (χ1v) is 14.6. The minimum Gasteiger partial charge on any atom is -0.339 e. The number of likely N-dealkylation sites (tertiary alicyclic amines) is 1. The van der Waals surface area contributed by atoms with Crippen LogP contribution in [0, 0.1) is 0 Å². The molecular formula is C22H35N3O5S2. The second kappa shape index (κ2) is 10.6. The third kappa shape index (κ3) is 6.09. The summed E-state index contributed by atoms with van der Waals surface area (Å²) in [6.45, 7) is 2.75. The van der Waals surface area contributed by atoms with Gasteiger partial charge in [0.1, 0.15) is 0 Å². The fourth-order valence-corrected chi connectivity index (χ4v) is 7.36. The van der Waals surface area contributed by atoms with Crippen molar-refractivity contribution >= 4 is 26.0 Å². The Morgan fingerprint density at radius 1 is 1.00 bits per heavy atom. The van der Waals surface area contributed by atoms with Gasteiger partial charge in [0.2, 0.25) is 20.0 Å². The largest absolute Gasteiger partial charge is 0.339 e. The van der Waals surface area contributed by atoms with Gasteiger partial charge in [-0.15, -0.1) is 0 Å². The van der Waals surface area contributed by atoms with Crippen LogP contribution in [0.1, 0.15) is 68.6 Å². The normalized spacial score (nSPS) is 19.4. The van der Waals surface area contributed by atoms with E-state index in [0.717, 1.165) is 32.1 Å². The van der Waals surface area contributed by atoms with Crippen molar-refractivity contribution < 1.29 is 21.6 Å². The van der Waals surface area contributed by atoms with Crippen LogP contribution in [0.2, 0.25) is 0 Å². The third-order valence-corrected chi connectivity index (χ3v) is 10.0. The van der Waals surface area contributed by atoms with E-state index in [0.29, 0.717) is 37.9 Å². The van der Waals surface area contributed by atoms with Gasteiger partial charge in [-0.2, -0.15) is 4.31 Å². The summed E-state index contributed by atoms with van der Waals surface area (Å²) in [5.74, 6) is -0.0541. The number of carbonyl (C=O) groups is 1. The first kappa shape index (κ1) is 25.1. The maximum absolute atomic E-state index is 13.0. The predicted molar refractivity (Wildman–Crippen MR) is 124 cm³/mol. The van der Waals surface area contributed by atoms with Gasteiger partial charge in [0.25, 0.3) is 5.91 Å². The zero-order valence-electron chi connectivity index (χ0n) is 19.0. The van der Waals surface area contributed by atoms with E-state index in [-0.39, 0.29) is 28.6 Å².